The number of hydrogen-bond donors (Lipinski definition) is 2. The number of carbonyl (C=O) groups is 1. The number of thioether (sulfide) groups is 1. The molecule has 0 atom stereocenters. The summed E-state index contributed by atoms with van der Waals surface area (Å²) in [5, 5.41) is 11.6. The Bertz CT molecular complexity index is 527. The summed E-state index contributed by atoms with van der Waals surface area (Å²) in [6.45, 7) is 3.19. The molecular formula is C14H20N4O2S. The highest BCUT2D eigenvalue weighted by Crippen LogP contribution is 2.21. The minimum absolute atomic E-state index is 0.0726. The molecule has 6 nitrogen and oxygen atoms in total. The van der Waals surface area contributed by atoms with Crippen LogP contribution in [0.1, 0.15) is 10.4 Å². The van der Waals surface area contributed by atoms with E-state index in [4.69, 9.17) is 10.9 Å². The molecule has 0 saturated carbocycles. The average Bonchev–Trinajstić information content (AvgIpc) is 2.54. The Kier molecular flexibility index (Phi) is 5.46. The Morgan fingerprint density at radius 3 is 2.62 bits per heavy atom. The summed E-state index contributed by atoms with van der Waals surface area (Å²) in [5.74, 6) is 0.269. The van der Waals surface area contributed by atoms with Gasteiger partial charge in [0, 0.05) is 31.1 Å². The number of amides is 1. The molecule has 2 rings (SSSR count). The minimum atomic E-state index is 0.0726. The second-order valence-electron chi connectivity index (χ2n) is 4.86. The number of nitrogens with two attached hydrogens (primary N) is 1. The number of amidine groups is 1. The van der Waals surface area contributed by atoms with Gasteiger partial charge in [-0.25, -0.2) is 0 Å². The fourth-order valence-corrected chi connectivity index (χ4v) is 2.95. The molecule has 0 radical (unpaired) electrons. The van der Waals surface area contributed by atoms with E-state index in [0.29, 0.717) is 19.6 Å². The maximum absolute atomic E-state index is 12.6. The third-order valence-corrected chi connectivity index (χ3v) is 4.31. The Labute approximate surface area is 128 Å². The lowest BCUT2D eigenvalue weighted by atomic mass is 10.2. The molecule has 1 saturated heterocycles. The van der Waals surface area contributed by atoms with Gasteiger partial charge in [-0.15, -0.1) is 11.8 Å². The number of benzene rings is 1. The van der Waals surface area contributed by atoms with Crippen molar-refractivity contribution in [1.29, 1.82) is 0 Å². The van der Waals surface area contributed by atoms with Gasteiger partial charge in [0.2, 0.25) is 0 Å². The summed E-state index contributed by atoms with van der Waals surface area (Å²) in [7, 11) is 0. The van der Waals surface area contributed by atoms with Crippen molar-refractivity contribution in [2.24, 2.45) is 10.9 Å². The fourth-order valence-electron chi connectivity index (χ4n) is 2.36. The molecule has 114 valence electrons. The van der Waals surface area contributed by atoms with Gasteiger partial charge in [-0.1, -0.05) is 17.3 Å². The quantitative estimate of drug-likeness (QED) is 0.284. The van der Waals surface area contributed by atoms with Gasteiger partial charge in [0.05, 0.1) is 12.1 Å². The van der Waals surface area contributed by atoms with Gasteiger partial charge in [0.15, 0.2) is 5.84 Å². The van der Waals surface area contributed by atoms with Crippen LogP contribution in [0.2, 0.25) is 0 Å². The standard InChI is InChI=1S/C14H20N4O2S/c1-21-12-5-3-2-4-11(12)14(19)18-8-6-17(7-9-18)10-13(15)16-20/h2-5,20H,6-10H2,1H3,(H2,15,16). The molecule has 1 aliphatic heterocycles. The normalized spacial score (nSPS) is 17.0. The lowest BCUT2D eigenvalue weighted by Gasteiger charge is -2.34. The maximum atomic E-state index is 12.6. The van der Waals surface area contributed by atoms with Crippen LogP contribution in [0, 0.1) is 0 Å². The molecule has 3 N–H and O–H groups in total. The number of oxime groups is 1. The zero-order chi connectivity index (χ0) is 15.2. The first kappa shape index (κ1) is 15.7. The van der Waals surface area contributed by atoms with Crippen molar-refractivity contribution in [1.82, 2.24) is 9.80 Å². The predicted molar refractivity (Wildman–Crippen MR) is 84.0 cm³/mol. The van der Waals surface area contributed by atoms with Gasteiger partial charge in [-0.2, -0.15) is 0 Å². The van der Waals surface area contributed by atoms with Gasteiger partial charge in [0.1, 0.15) is 0 Å². The third-order valence-electron chi connectivity index (χ3n) is 3.51. The van der Waals surface area contributed by atoms with E-state index in [2.05, 4.69) is 10.1 Å². The van der Waals surface area contributed by atoms with Crippen LogP contribution in [0.15, 0.2) is 34.3 Å². The molecule has 0 aromatic heterocycles. The van der Waals surface area contributed by atoms with Crippen molar-refractivity contribution in [3.63, 3.8) is 0 Å². The second kappa shape index (κ2) is 7.33. The number of hydrogen-bond acceptors (Lipinski definition) is 5. The van der Waals surface area contributed by atoms with Crippen molar-refractivity contribution in [3.05, 3.63) is 29.8 Å². The van der Waals surface area contributed by atoms with E-state index >= 15 is 0 Å². The Balaban J connectivity index is 1.97. The van der Waals surface area contributed by atoms with Crippen molar-refractivity contribution < 1.29 is 10.0 Å². The van der Waals surface area contributed by atoms with E-state index in [9.17, 15) is 4.79 Å². The molecule has 0 spiro atoms. The SMILES string of the molecule is CSc1ccccc1C(=O)N1CCN(CC(N)=NO)CC1. The largest absolute Gasteiger partial charge is 0.409 e. The van der Waals surface area contributed by atoms with Crippen LogP contribution in [-0.4, -0.2) is 65.7 Å². The Hall–Kier alpha value is -1.73. The monoisotopic (exact) mass is 308 g/mol. The first-order valence-corrected chi connectivity index (χ1v) is 7.99. The minimum Gasteiger partial charge on any atom is -0.409 e. The summed E-state index contributed by atoms with van der Waals surface area (Å²) < 4.78 is 0. The second-order valence-corrected chi connectivity index (χ2v) is 5.71. The molecule has 1 amide bonds. The Morgan fingerprint density at radius 2 is 2.00 bits per heavy atom. The number of carbonyl (C=O) groups excluding carboxylic acids is 1. The first-order chi connectivity index (χ1) is 10.2. The summed E-state index contributed by atoms with van der Waals surface area (Å²) >= 11 is 1.58. The van der Waals surface area contributed by atoms with E-state index in [0.717, 1.165) is 23.5 Å². The molecule has 0 bridgehead atoms. The number of nitrogens with zero attached hydrogens (tertiary/aromatic N) is 3. The van der Waals surface area contributed by atoms with Crippen LogP contribution in [0.4, 0.5) is 0 Å². The van der Waals surface area contributed by atoms with Gasteiger partial charge in [-0.05, 0) is 18.4 Å². The van der Waals surface area contributed by atoms with Crippen LogP contribution < -0.4 is 5.73 Å². The summed E-state index contributed by atoms with van der Waals surface area (Å²) in [6, 6.07) is 7.67. The Morgan fingerprint density at radius 1 is 1.33 bits per heavy atom. The van der Waals surface area contributed by atoms with Crippen LogP contribution in [0.5, 0.6) is 0 Å². The topological polar surface area (TPSA) is 82.2 Å². The summed E-state index contributed by atoms with van der Waals surface area (Å²) in [5.41, 5.74) is 6.26. The molecule has 0 unspecified atom stereocenters. The van der Waals surface area contributed by atoms with Crippen molar-refractivity contribution in [3.8, 4) is 0 Å². The molecule has 1 heterocycles. The van der Waals surface area contributed by atoms with Gasteiger partial charge >= 0.3 is 0 Å². The van der Waals surface area contributed by atoms with E-state index in [1.165, 1.54) is 0 Å². The van der Waals surface area contributed by atoms with Crippen LogP contribution in [0.25, 0.3) is 0 Å². The highest BCUT2D eigenvalue weighted by atomic mass is 32.2. The van der Waals surface area contributed by atoms with Crippen molar-refractivity contribution >= 4 is 23.5 Å². The molecule has 7 heteroatoms. The van der Waals surface area contributed by atoms with Crippen LogP contribution >= 0.6 is 11.8 Å². The third kappa shape index (κ3) is 3.89. The van der Waals surface area contributed by atoms with Crippen LogP contribution in [-0.2, 0) is 0 Å². The average molecular weight is 308 g/mol. The van der Waals surface area contributed by atoms with E-state index in [1.807, 2.05) is 35.4 Å². The van der Waals surface area contributed by atoms with E-state index in [1.54, 1.807) is 11.8 Å². The molecule has 0 aliphatic carbocycles. The molecule has 1 aliphatic rings. The molecule has 1 fully saturated rings. The molecule has 1 aromatic carbocycles. The highest BCUT2D eigenvalue weighted by Gasteiger charge is 2.23. The molecule has 1 aromatic rings. The smallest absolute Gasteiger partial charge is 0.255 e. The van der Waals surface area contributed by atoms with Crippen molar-refractivity contribution in [2.75, 3.05) is 39.0 Å². The number of rotatable bonds is 4. The summed E-state index contributed by atoms with van der Waals surface area (Å²) in [6.07, 6.45) is 1.97. The van der Waals surface area contributed by atoms with Crippen LogP contribution in [0.3, 0.4) is 0 Å². The first-order valence-electron chi connectivity index (χ1n) is 6.76. The highest BCUT2D eigenvalue weighted by molar-refractivity contribution is 7.98. The zero-order valence-electron chi connectivity index (χ0n) is 12.0. The fraction of sp³-hybridized carbons (Fsp3) is 0.429. The van der Waals surface area contributed by atoms with Gasteiger partial charge in [0.25, 0.3) is 5.91 Å². The predicted octanol–water partition coefficient (Wildman–Crippen LogP) is 0.913. The van der Waals surface area contributed by atoms with E-state index < -0.39 is 0 Å². The zero-order valence-corrected chi connectivity index (χ0v) is 12.8. The lowest BCUT2D eigenvalue weighted by molar-refractivity contribution is 0.0650. The maximum Gasteiger partial charge on any atom is 0.255 e. The van der Waals surface area contributed by atoms with E-state index in [-0.39, 0.29) is 11.7 Å². The lowest BCUT2D eigenvalue weighted by Crippen LogP contribution is -2.50. The molecular weight excluding hydrogens is 288 g/mol. The molecule has 21 heavy (non-hydrogen) atoms. The number of piperazine rings is 1. The van der Waals surface area contributed by atoms with Crippen molar-refractivity contribution in [2.45, 2.75) is 4.90 Å². The van der Waals surface area contributed by atoms with Gasteiger partial charge < -0.3 is 15.8 Å². The summed E-state index contributed by atoms with van der Waals surface area (Å²) in [4.78, 5) is 17.5. The van der Waals surface area contributed by atoms with Gasteiger partial charge in [-0.3, -0.25) is 9.69 Å².